The molecule has 3 aromatic carbocycles. The maximum Gasteiger partial charge on any atom is 0.248 e. The number of phenols is 2. The zero-order valence-corrected chi connectivity index (χ0v) is 15.9. The molecule has 30 heavy (non-hydrogen) atoms. The van der Waals surface area contributed by atoms with Gasteiger partial charge in [-0.05, 0) is 65.9 Å². The van der Waals surface area contributed by atoms with Crippen molar-refractivity contribution in [3.05, 3.63) is 77.6 Å². The lowest BCUT2D eigenvalue weighted by Crippen LogP contribution is -2.28. The maximum absolute atomic E-state index is 14.4. The summed E-state index contributed by atoms with van der Waals surface area (Å²) >= 11 is 0. The second kappa shape index (κ2) is 7.18. The van der Waals surface area contributed by atoms with Gasteiger partial charge in [0.05, 0.1) is 11.1 Å². The minimum atomic E-state index is -0.875. The molecule has 1 fully saturated rings. The molecule has 0 saturated heterocycles. The second-order valence-corrected chi connectivity index (χ2v) is 7.38. The Morgan fingerprint density at radius 1 is 0.933 bits per heavy atom. The first-order valence-corrected chi connectivity index (χ1v) is 9.34. The van der Waals surface area contributed by atoms with Crippen LogP contribution in [0.3, 0.4) is 0 Å². The Balaban J connectivity index is 1.63. The molecule has 4 rings (SSSR count). The van der Waals surface area contributed by atoms with Gasteiger partial charge in [-0.25, -0.2) is 4.39 Å². The van der Waals surface area contributed by atoms with Gasteiger partial charge in [-0.15, -0.1) is 0 Å². The van der Waals surface area contributed by atoms with Gasteiger partial charge in [0, 0.05) is 5.56 Å². The number of carbonyl (C=O) groups excluding carboxylic acids is 2. The average molecular weight is 406 g/mol. The fraction of sp³-hybridized carbons (Fsp3) is 0.130. The predicted octanol–water partition coefficient (Wildman–Crippen LogP) is 3.67. The fourth-order valence-corrected chi connectivity index (χ4v) is 3.49. The van der Waals surface area contributed by atoms with Crippen LogP contribution in [-0.4, -0.2) is 22.0 Å². The largest absolute Gasteiger partial charge is 0.504 e. The molecule has 0 bridgehead atoms. The first-order chi connectivity index (χ1) is 14.3. The summed E-state index contributed by atoms with van der Waals surface area (Å²) in [5.74, 6) is -2.14. The molecule has 6 nitrogen and oxygen atoms in total. The number of rotatable bonds is 5. The van der Waals surface area contributed by atoms with E-state index in [-0.39, 0.29) is 17.2 Å². The third kappa shape index (κ3) is 3.45. The van der Waals surface area contributed by atoms with E-state index in [1.54, 1.807) is 36.4 Å². The zero-order chi connectivity index (χ0) is 21.5. The van der Waals surface area contributed by atoms with E-state index in [0.717, 1.165) is 0 Å². The molecule has 7 heteroatoms. The Kier molecular flexibility index (Phi) is 4.66. The number of aromatic hydroxyl groups is 2. The molecular formula is C23H19FN2O4. The first-order valence-electron chi connectivity index (χ1n) is 9.34. The highest BCUT2D eigenvalue weighted by Crippen LogP contribution is 2.50. The molecule has 0 radical (unpaired) electrons. The van der Waals surface area contributed by atoms with E-state index in [9.17, 15) is 24.2 Å². The molecule has 0 spiro atoms. The van der Waals surface area contributed by atoms with Crippen molar-refractivity contribution in [3.63, 3.8) is 0 Å². The van der Waals surface area contributed by atoms with Gasteiger partial charge in [-0.3, -0.25) is 9.59 Å². The summed E-state index contributed by atoms with van der Waals surface area (Å²) in [4.78, 5) is 24.4. The van der Waals surface area contributed by atoms with E-state index >= 15 is 0 Å². The molecule has 2 amide bonds. The van der Waals surface area contributed by atoms with Gasteiger partial charge < -0.3 is 21.3 Å². The quantitative estimate of drug-likeness (QED) is 0.484. The number of hydrogen-bond donors (Lipinski definition) is 4. The van der Waals surface area contributed by atoms with Crippen molar-refractivity contribution in [2.24, 2.45) is 5.73 Å². The number of nitrogens with one attached hydrogen (secondary N) is 1. The Morgan fingerprint density at radius 3 is 2.33 bits per heavy atom. The Hall–Kier alpha value is -3.87. The molecule has 3 aromatic rings. The summed E-state index contributed by atoms with van der Waals surface area (Å²) in [6, 6.07) is 15.2. The standard InChI is InChI=1S/C23H19FN2O4/c24-17-6-4-14(13-2-1-3-15(10-13)21(25)29)11-18(17)26-22(30)23(8-9-23)16-5-7-19(27)20(28)12-16/h1-7,10-12,27-28H,8-9H2,(H2,25,29)(H,26,30). The highest BCUT2D eigenvalue weighted by atomic mass is 19.1. The molecule has 1 saturated carbocycles. The Morgan fingerprint density at radius 2 is 1.67 bits per heavy atom. The summed E-state index contributed by atoms with van der Waals surface area (Å²) in [7, 11) is 0. The molecule has 152 valence electrons. The number of carbonyl (C=O) groups is 2. The average Bonchev–Trinajstić information content (AvgIpc) is 3.54. The minimum Gasteiger partial charge on any atom is -0.504 e. The number of primary amides is 1. The predicted molar refractivity (Wildman–Crippen MR) is 110 cm³/mol. The summed E-state index contributed by atoms with van der Waals surface area (Å²) in [5.41, 5.74) is 6.61. The number of phenolic OH excluding ortho intramolecular Hbond substituents is 2. The van der Waals surface area contributed by atoms with Crippen LogP contribution in [0.2, 0.25) is 0 Å². The van der Waals surface area contributed by atoms with Crippen LogP contribution >= 0.6 is 0 Å². The van der Waals surface area contributed by atoms with E-state index in [1.165, 1.54) is 24.3 Å². The third-order valence-electron chi connectivity index (χ3n) is 5.41. The SMILES string of the molecule is NC(=O)c1cccc(-c2ccc(F)c(NC(=O)C3(c4ccc(O)c(O)c4)CC3)c2)c1. The lowest BCUT2D eigenvalue weighted by Gasteiger charge is -2.17. The maximum atomic E-state index is 14.4. The number of amides is 2. The first kappa shape index (κ1) is 19.4. The van der Waals surface area contributed by atoms with Gasteiger partial charge in [-0.1, -0.05) is 24.3 Å². The zero-order valence-electron chi connectivity index (χ0n) is 15.9. The lowest BCUT2D eigenvalue weighted by molar-refractivity contribution is -0.118. The van der Waals surface area contributed by atoms with Crippen LogP contribution in [0.4, 0.5) is 10.1 Å². The Labute approximate surface area is 171 Å². The van der Waals surface area contributed by atoms with Crippen molar-refractivity contribution >= 4 is 17.5 Å². The van der Waals surface area contributed by atoms with E-state index in [1.807, 2.05) is 0 Å². The van der Waals surface area contributed by atoms with E-state index in [0.29, 0.717) is 35.1 Å². The van der Waals surface area contributed by atoms with Gasteiger partial charge in [0.1, 0.15) is 5.82 Å². The fourth-order valence-electron chi connectivity index (χ4n) is 3.49. The molecule has 0 unspecified atom stereocenters. The van der Waals surface area contributed by atoms with Crippen molar-refractivity contribution in [3.8, 4) is 22.6 Å². The van der Waals surface area contributed by atoms with Gasteiger partial charge in [0.25, 0.3) is 0 Å². The summed E-state index contributed by atoms with van der Waals surface area (Å²) in [6.07, 6.45) is 1.09. The van der Waals surface area contributed by atoms with Crippen molar-refractivity contribution in [2.45, 2.75) is 18.3 Å². The number of anilines is 1. The molecule has 0 aromatic heterocycles. The molecule has 5 N–H and O–H groups in total. The van der Waals surface area contributed by atoms with Gasteiger partial charge in [0.15, 0.2) is 11.5 Å². The van der Waals surface area contributed by atoms with Gasteiger partial charge in [-0.2, -0.15) is 0 Å². The number of halogens is 1. The number of nitrogens with two attached hydrogens (primary N) is 1. The van der Waals surface area contributed by atoms with Crippen molar-refractivity contribution < 1.29 is 24.2 Å². The van der Waals surface area contributed by atoms with Crippen molar-refractivity contribution in [1.82, 2.24) is 0 Å². The monoisotopic (exact) mass is 406 g/mol. The van der Waals surface area contributed by atoms with E-state index in [2.05, 4.69) is 5.32 Å². The normalized spacial score (nSPS) is 14.2. The van der Waals surface area contributed by atoms with Crippen LogP contribution < -0.4 is 11.1 Å². The van der Waals surface area contributed by atoms with Crippen LogP contribution in [0.15, 0.2) is 60.7 Å². The molecule has 0 aliphatic heterocycles. The summed E-state index contributed by atoms with van der Waals surface area (Å²) < 4.78 is 14.4. The third-order valence-corrected chi connectivity index (χ3v) is 5.41. The lowest BCUT2D eigenvalue weighted by atomic mass is 9.94. The summed E-state index contributed by atoms with van der Waals surface area (Å²) in [5, 5.41) is 21.9. The molecular weight excluding hydrogens is 387 g/mol. The number of hydrogen-bond acceptors (Lipinski definition) is 4. The smallest absolute Gasteiger partial charge is 0.248 e. The van der Waals surface area contributed by atoms with Crippen LogP contribution in [0.5, 0.6) is 11.5 Å². The van der Waals surface area contributed by atoms with Crippen LogP contribution in [0.1, 0.15) is 28.8 Å². The molecule has 0 atom stereocenters. The second-order valence-electron chi connectivity index (χ2n) is 7.38. The van der Waals surface area contributed by atoms with Crippen LogP contribution in [-0.2, 0) is 10.2 Å². The van der Waals surface area contributed by atoms with E-state index in [4.69, 9.17) is 5.73 Å². The van der Waals surface area contributed by atoms with Gasteiger partial charge >= 0.3 is 0 Å². The summed E-state index contributed by atoms with van der Waals surface area (Å²) in [6.45, 7) is 0. The topological polar surface area (TPSA) is 113 Å². The van der Waals surface area contributed by atoms with Crippen molar-refractivity contribution in [2.75, 3.05) is 5.32 Å². The van der Waals surface area contributed by atoms with Gasteiger partial charge in [0.2, 0.25) is 11.8 Å². The Bertz CT molecular complexity index is 1170. The van der Waals surface area contributed by atoms with Crippen LogP contribution in [0, 0.1) is 5.82 Å². The molecule has 1 aliphatic rings. The minimum absolute atomic E-state index is 0.0104. The molecule has 1 aliphatic carbocycles. The highest BCUT2D eigenvalue weighted by Gasteiger charge is 2.51. The molecule has 0 heterocycles. The van der Waals surface area contributed by atoms with E-state index < -0.39 is 23.0 Å². The van der Waals surface area contributed by atoms with Crippen molar-refractivity contribution in [1.29, 1.82) is 0 Å². The number of benzene rings is 3. The highest BCUT2D eigenvalue weighted by molar-refractivity contribution is 6.02. The van der Waals surface area contributed by atoms with Crippen LogP contribution in [0.25, 0.3) is 11.1 Å².